The van der Waals surface area contributed by atoms with Crippen LogP contribution in [0.5, 0.6) is 0 Å². The molecule has 0 saturated carbocycles. The number of hydrogen-bond donors (Lipinski definition) is 1. The molecular weight excluding hydrogens is 250 g/mol. The Hall–Kier alpha value is -0.810. The van der Waals surface area contributed by atoms with E-state index >= 15 is 0 Å². The van der Waals surface area contributed by atoms with Gasteiger partial charge < -0.3 is 15.5 Å². The van der Waals surface area contributed by atoms with Crippen LogP contribution in [0.3, 0.4) is 0 Å². The number of rotatable bonds is 3. The Bertz CT molecular complexity index is 301. The number of aliphatic imine (C=N–C) groups is 1. The highest BCUT2D eigenvalue weighted by Gasteiger charge is 2.19. The third kappa shape index (κ3) is 4.63. The van der Waals surface area contributed by atoms with E-state index in [0.29, 0.717) is 6.04 Å². The third-order valence-corrected chi connectivity index (χ3v) is 4.61. The summed E-state index contributed by atoms with van der Waals surface area (Å²) in [5.41, 5.74) is 6.17. The van der Waals surface area contributed by atoms with Crippen molar-refractivity contribution in [3.63, 3.8) is 0 Å². The molecule has 2 heterocycles. The maximum atomic E-state index is 6.17. The average molecular weight is 281 g/mol. The fourth-order valence-electron chi connectivity index (χ4n) is 3.00. The van der Waals surface area contributed by atoms with Gasteiger partial charge >= 0.3 is 0 Å². The molecule has 0 radical (unpaired) electrons. The van der Waals surface area contributed by atoms with Crippen LogP contribution < -0.4 is 5.73 Å². The van der Waals surface area contributed by atoms with Crippen molar-refractivity contribution in [2.75, 3.05) is 52.9 Å². The minimum atomic E-state index is 0.495. The van der Waals surface area contributed by atoms with Gasteiger partial charge in [0.15, 0.2) is 5.96 Å². The predicted octanol–water partition coefficient (Wildman–Crippen LogP) is 0.813. The summed E-state index contributed by atoms with van der Waals surface area (Å²) in [5, 5.41) is 0. The number of hydrogen-bond acceptors (Lipinski definition) is 3. The van der Waals surface area contributed by atoms with E-state index in [9.17, 15) is 0 Å². The number of piperazine rings is 1. The molecule has 2 N–H and O–H groups in total. The molecule has 5 nitrogen and oxygen atoms in total. The van der Waals surface area contributed by atoms with Crippen LogP contribution in [0.1, 0.15) is 32.6 Å². The van der Waals surface area contributed by atoms with Crippen LogP contribution in [-0.4, -0.2) is 79.6 Å². The molecule has 1 unspecified atom stereocenters. The van der Waals surface area contributed by atoms with Crippen molar-refractivity contribution in [3.8, 4) is 0 Å². The van der Waals surface area contributed by atoms with Crippen LogP contribution in [0.25, 0.3) is 0 Å². The van der Waals surface area contributed by atoms with Gasteiger partial charge in [-0.2, -0.15) is 0 Å². The van der Waals surface area contributed by atoms with E-state index < -0.39 is 0 Å². The summed E-state index contributed by atoms with van der Waals surface area (Å²) < 4.78 is 0. The fraction of sp³-hybridized carbons (Fsp3) is 0.933. The van der Waals surface area contributed by atoms with Gasteiger partial charge in [-0.15, -0.1) is 0 Å². The van der Waals surface area contributed by atoms with Crippen LogP contribution >= 0.6 is 0 Å². The highest BCUT2D eigenvalue weighted by Crippen LogP contribution is 2.10. The molecule has 0 aromatic heterocycles. The van der Waals surface area contributed by atoms with E-state index in [1.807, 2.05) is 0 Å². The molecule has 0 aliphatic carbocycles. The second kappa shape index (κ2) is 7.84. The molecule has 0 bridgehead atoms. The molecule has 0 aromatic rings. The fourth-order valence-corrected chi connectivity index (χ4v) is 3.00. The first kappa shape index (κ1) is 15.6. The van der Waals surface area contributed by atoms with E-state index in [4.69, 9.17) is 5.73 Å². The SMILES string of the molecule is CC(CN=C(N)N1CCCCCC1)N1CCN(C)CC1. The van der Waals surface area contributed by atoms with Crippen LogP contribution in [0.2, 0.25) is 0 Å². The molecule has 2 saturated heterocycles. The molecule has 0 spiro atoms. The quantitative estimate of drug-likeness (QED) is 0.614. The lowest BCUT2D eigenvalue weighted by Gasteiger charge is -2.36. The molecule has 2 rings (SSSR count). The van der Waals surface area contributed by atoms with E-state index in [1.54, 1.807) is 0 Å². The maximum Gasteiger partial charge on any atom is 0.191 e. The highest BCUT2D eigenvalue weighted by atomic mass is 15.3. The molecular formula is C15H31N5. The van der Waals surface area contributed by atoms with Crippen LogP contribution in [0, 0.1) is 0 Å². The lowest BCUT2D eigenvalue weighted by molar-refractivity contribution is 0.122. The lowest BCUT2D eigenvalue weighted by Crippen LogP contribution is -2.49. The minimum absolute atomic E-state index is 0.495. The van der Waals surface area contributed by atoms with Crippen molar-refractivity contribution < 1.29 is 0 Å². The summed E-state index contributed by atoms with van der Waals surface area (Å²) in [6.07, 6.45) is 5.18. The molecule has 116 valence electrons. The third-order valence-electron chi connectivity index (χ3n) is 4.61. The minimum Gasteiger partial charge on any atom is -0.370 e. The first-order valence-electron chi connectivity index (χ1n) is 8.14. The number of likely N-dealkylation sites (tertiary alicyclic amines) is 1. The summed E-state index contributed by atoms with van der Waals surface area (Å²) in [4.78, 5) is 11.8. The second-order valence-electron chi connectivity index (χ2n) is 6.29. The van der Waals surface area contributed by atoms with Gasteiger partial charge in [0.2, 0.25) is 0 Å². The Morgan fingerprint density at radius 3 is 2.20 bits per heavy atom. The van der Waals surface area contributed by atoms with Gasteiger partial charge in [-0.05, 0) is 26.8 Å². The molecule has 2 fully saturated rings. The monoisotopic (exact) mass is 281 g/mol. The number of nitrogens with two attached hydrogens (primary N) is 1. The van der Waals surface area contributed by atoms with Gasteiger partial charge in [-0.1, -0.05) is 12.8 Å². The molecule has 1 atom stereocenters. The molecule has 5 heteroatoms. The maximum absolute atomic E-state index is 6.17. The summed E-state index contributed by atoms with van der Waals surface area (Å²) in [6, 6.07) is 0.495. The lowest BCUT2D eigenvalue weighted by atomic mass is 10.2. The van der Waals surface area contributed by atoms with Crippen LogP contribution in [0.15, 0.2) is 4.99 Å². The van der Waals surface area contributed by atoms with Gasteiger partial charge in [-0.25, -0.2) is 0 Å². The summed E-state index contributed by atoms with van der Waals surface area (Å²) in [7, 11) is 2.19. The smallest absolute Gasteiger partial charge is 0.191 e. The molecule has 2 aliphatic rings. The number of guanidine groups is 1. The Labute approximate surface area is 123 Å². The standard InChI is InChI=1S/C15H31N5/c1-14(19-11-9-18(2)10-12-19)13-17-15(16)20-7-5-3-4-6-8-20/h14H,3-13H2,1-2H3,(H2,16,17). The zero-order valence-corrected chi connectivity index (χ0v) is 13.2. The van der Waals surface area contributed by atoms with Crippen molar-refractivity contribution in [3.05, 3.63) is 0 Å². The van der Waals surface area contributed by atoms with Crippen molar-refractivity contribution in [2.24, 2.45) is 10.7 Å². The van der Waals surface area contributed by atoms with Gasteiger partial charge in [-0.3, -0.25) is 9.89 Å². The summed E-state index contributed by atoms with van der Waals surface area (Å²) in [6.45, 7) is 9.88. The Morgan fingerprint density at radius 1 is 1.00 bits per heavy atom. The van der Waals surface area contributed by atoms with Gasteiger partial charge in [0.05, 0.1) is 6.54 Å². The number of likely N-dealkylation sites (N-methyl/N-ethyl adjacent to an activating group) is 1. The van der Waals surface area contributed by atoms with E-state index in [1.165, 1.54) is 25.7 Å². The highest BCUT2D eigenvalue weighted by molar-refractivity contribution is 5.78. The Morgan fingerprint density at radius 2 is 1.60 bits per heavy atom. The van der Waals surface area contributed by atoms with E-state index in [2.05, 4.69) is 33.7 Å². The zero-order valence-electron chi connectivity index (χ0n) is 13.2. The van der Waals surface area contributed by atoms with Gasteiger partial charge in [0.1, 0.15) is 0 Å². The molecule has 2 aliphatic heterocycles. The van der Waals surface area contributed by atoms with E-state index in [0.717, 1.165) is 51.8 Å². The number of nitrogens with zero attached hydrogens (tertiary/aromatic N) is 4. The van der Waals surface area contributed by atoms with Gasteiger partial charge in [0, 0.05) is 45.3 Å². The van der Waals surface area contributed by atoms with Gasteiger partial charge in [0.25, 0.3) is 0 Å². The molecule has 20 heavy (non-hydrogen) atoms. The van der Waals surface area contributed by atoms with Crippen molar-refractivity contribution in [2.45, 2.75) is 38.6 Å². The summed E-state index contributed by atoms with van der Waals surface area (Å²) in [5.74, 6) is 0.757. The molecule has 0 amide bonds. The first-order valence-corrected chi connectivity index (χ1v) is 8.14. The zero-order chi connectivity index (χ0) is 14.4. The Kier molecular flexibility index (Phi) is 6.10. The predicted molar refractivity (Wildman–Crippen MR) is 85.1 cm³/mol. The van der Waals surface area contributed by atoms with Crippen molar-refractivity contribution in [1.82, 2.24) is 14.7 Å². The normalized spacial score (nSPS) is 25.5. The van der Waals surface area contributed by atoms with Crippen LogP contribution in [-0.2, 0) is 0 Å². The second-order valence-corrected chi connectivity index (χ2v) is 6.29. The van der Waals surface area contributed by atoms with E-state index in [-0.39, 0.29) is 0 Å². The van der Waals surface area contributed by atoms with Crippen LogP contribution in [0.4, 0.5) is 0 Å². The average Bonchev–Trinajstić information content (AvgIpc) is 2.74. The largest absolute Gasteiger partial charge is 0.370 e. The van der Waals surface area contributed by atoms with Crippen molar-refractivity contribution in [1.29, 1.82) is 0 Å². The first-order chi connectivity index (χ1) is 9.66. The topological polar surface area (TPSA) is 48.1 Å². The molecule has 0 aromatic carbocycles. The summed E-state index contributed by atoms with van der Waals surface area (Å²) >= 11 is 0. The van der Waals surface area contributed by atoms with Crippen molar-refractivity contribution >= 4 is 5.96 Å². The Balaban J connectivity index is 1.78.